The molecule has 0 aliphatic rings. The van der Waals surface area contributed by atoms with E-state index in [0.29, 0.717) is 30.8 Å². The third-order valence-electron chi connectivity index (χ3n) is 3.26. The molecule has 0 saturated heterocycles. The van der Waals surface area contributed by atoms with Gasteiger partial charge in [-0.2, -0.15) is 0 Å². The molecule has 0 fully saturated rings. The first-order chi connectivity index (χ1) is 10.7. The summed E-state index contributed by atoms with van der Waals surface area (Å²) in [5.74, 6) is -0.304. The highest BCUT2D eigenvalue weighted by Crippen LogP contribution is 2.06. The smallest absolute Gasteiger partial charge is 0.251 e. The molecule has 0 atom stereocenters. The van der Waals surface area contributed by atoms with Crippen molar-refractivity contribution < 1.29 is 14.3 Å². The minimum atomic E-state index is -0.170. The molecule has 0 aliphatic heterocycles. The second-order valence-corrected chi connectivity index (χ2v) is 5.15. The number of carbonyl (C=O) groups is 2. The lowest BCUT2D eigenvalue weighted by Crippen LogP contribution is -2.27. The van der Waals surface area contributed by atoms with Crippen LogP contribution in [0.4, 0.5) is 0 Å². The summed E-state index contributed by atoms with van der Waals surface area (Å²) < 4.78 is 4.93. The number of rotatable bonds is 10. The van der Waals surface area contributed by atoms with Gasteiger partial charge in [0.2, 0.25) is 0 Å². The Balaban J connectivity index is 2.50. The third kappa shape index (κ3) is 6.72. The van der Waals surface area contributed by atoms with Crippen molar-refractivity contribution >= 4 is 11.8 Å². The maximum atomic E-state index is 12.0. The van der Waals surface area contributed by atoms with Crippen LogP contribution in [0.1, 0.15) is 53.3 Å². The molecule has 0 aliphatic carbocycles. The van der Waals surface area contributed by atoms with Crippen molar-refractivity contribution in [2.24, 2.45) is 0 Å². The number of hydrogen-bond donors (Lipinski definition) is 2. The first kappa shape index (κ1) is 18.2. The number of carbonyl (C=O) groups excluding carboxylic acids is 2. The summed E-state index contributed by atoms with van der Waals surface area (Å²) in [4.78, 5) is 24.0. The van der Waals surface area contributed by atoms with E-state index in [1.54, 1.807) is 31.4 Å². The van der Waals surface area contributed by atoms with Gasteiger partial charge in [0.05, 0.1) is 0 Å². The highest BCUT2D eigenvalue weighted by Gasteiger charge is 2.09. The van der Waals surface area contributed by atoms with Crippen LogP contribution in [0.3, 0.4) is 0 Å². The summed E-state index contributed by atoms with van der Waals surface area (Å²) >= 11 is 0. The summed E-state index contributed by atoms with van der Waals surface area (Å²) in [6.07, 6.45) is 3.96. The molecule has 5 heteroatoms. The monoisotopic (exact) mass is 306 g/mol. The highest BCUT2D eigenvalue weighted by molar-refractivity contribution is 5.99. The van der Waals surface area contributed by atoms with E-state index in [1.165, 1.54) is 0 Å². The Morgan fingerprint density at radius 2 is 1.59 bits per heavy atom. The van der Waals surface area contributed by atoms with Crippen molar-refractivity contribution in [3.05, 3.63) is 35.4 Å². The molecule has 1 aromatic rings. The summed E-state index contributed by atoms with van der Waals surface area (Å²) in [6.45, 7) is 3.96. The lowest BCUT2D eigenvalue weighted by Gasteiger charge is -2.08. The molecule has 1 aromatic carbocycles. The van der Waals surface area contributed by atoms with Gasteiger partial charge in [0, 0.05) is 37.9 Å². The van der Waals surface area contributed by atoms with Gasteiger partial charge in [0.1, 0.15) is 0 Å². The predicted molar refractivity (Wildman–Crippen MR) is 87.1 cm³/mol. The zero-order chi connectivity index (χ0) is 16.2. The van der Waals surface area contributed by atoms with Crippen LogP contribution in [-0.4, -0.2) is 38.6 Å². The number of ether oxygens (including phenoxy) is 1. The average molecular weight is 306 g/mol. The van der Waals surface area contributed by atoms with E-state index in [2.05, 4.69) is 17.6 Å². The molecule has 0 saturated carbocycles. The topological polar surface area (TPSA) is 67.4 Å². The number of methoxy groups -OCH3 is 1. The fourth-order valence-corrected chi connectivity index (χ4v) is 2.00. The zero-order valence-corrected chi connectivity index (χ0v) is 13.5. The SMILES string of the molecule is CCCCCNC(=O)c1cccc(C(=O)NCCCOC)c1. The summed E-state index contributed by atoms with van der Waals surface area (Å²) in [7, 11) is 1.63. The Morgan fingerprint density at radius 3 is 2.14 bits per heavy atom. The van der Waals surface area contributed by atoms with Crippen LogP contribution in [0.2, 0.25) is 0 Å². The van der Waals surface area contributed by atoms with E-state index in [-0.39, 0.29) is 11.8 Å². The number of amides is 2. The van der Waals surface area contributed by atoms with Gasteiger partial charge >= 0.3 is 0 Å². The molecule has 0 aromatic heterocycles. The molecule has 0 bridgehead atoms. The van der Waals surface area contributed by atoms with Gasteiger partial charge in [-0.25, -0.2) is 0 Å². The zero-order valence-electron chi connectivity index (χ0n) is 13.5. The third-order valence-corrected chi connectivity index (χ3v) is 3.26. The molecular formula is C17H26N2O3. The van der Waals surface area contributed by atoms with Crippen molar-refractivity contribution in [1.29, 1.82) is 0 Å². The molecule has 122 valence electrons. The van der Waals surface area contributed by atoms with E-state index in [1.807, 2.05) is 0 Å². The normalized spacial score (nSPS) is 10.3. The first-order valence-corrected chi connectivity index (χ1v) is 7.84. The van der Waals surface area contributed by atoms with Crippen molar-refractivity contribution in [3.8, 4) is 0 Å². The van der Waals surface area contributed by atoms with Gasteiger partial charge in [-0.1, -0.05) is 25.8 Å². The van der Waals surface area contributed by atoms with Gasteiger partial charge in [-0.05, 0) is 31.0 Å². The Bertz CT molecular complexity index is 435. The molecule has 2 N–H and O–H groups in total. The van der Waals surface area contributed by atoms with Crippen LogP contribution in [0.15, 0.2) is 24.3 Å². The van der Waals surface area contributed by atoms with Gasteiger partial charge in [0.15, 0.2) is 0 Å². The van der Waals surface area contributed by atoms with Gasteiger partial charge in [-0.15, -0.1) is 0 Å². The molecule has 0 spiro atoms. The van der Waals surface area contributed by atoms with Crippen molar-refractivity contribution in [1.82, 2.24) is 10.6 Å². The maximum absolute atomic E-state index is 12.0. The van der Waals surface area contributed by atoms with Crippen LogP contribution in [0.25, 0.3) is 0 Å². The number of nitrogens with one attached hydrogen (secondary N) is 2. The van der Waals surface area contributed by atoms with E-state index in [4.69, 9.17) is 4.74 Å². The maximum Gasteiger partial charge on any atom is 0.251 e. The molecule has 0 heterocycles. The van der Waals surface area contributed by atoms with Gasteiger partial charge in [-0.3, -0.25) is 9.59 Å². The van der Waals surface area contributed by atoms with E-state index in [9.17, 15) is 9.59 Å². The van der Waals surface area contributed by atoms with Crippen LogP contribution >= 0.6 is 0 Å². The van der Waals surface area contributed by atoms with Gasteiger partial charge in [0.25, 0.3) is 11.8 Å². The summed E-state index contributed by atoms with van der Waals surface area (Å²) in [6, 6.07) is 6.78. The number of unbranched alkanes of at least 4 members (excludes halogenated alkanes) is 2. The Kier molecular flexibility index (Phi) is 8.91. The standard InChI is InChI=1S/C17H26N2O3/c1-3-4-5-10-18-16(20)14-8-6-9-15(13-14)17(21)19-11-7-12-22-2/h6,8-9,13H,3-5,7,10-12H2,1-2H3,(H,18,20)(H,19,21). The second kappa shape index (κ2) is 10.8. The molecule has 5 nitrogen and oxygen atoms in total. The molecule has 1 rings (SSSR count). The Labute approximate surface area is 132 Å². The molecule has 2 amide bonds. The van der Waals surface area contributed by atoms with Crippen molar-refractivity contribution in [2.75, 3.05) is 26.8 Å². The summed E-state index contributed by atoms with van der Waals surface area (Å²) in [5, 5.41) is 5.68. The predicted octanol–water partition coefficient (Wildman–Crippen LogP) is 2.37. The van der Waals surface area contributed by atoms with Crippen LogP contribution in [0.5, 0.6) is 0 Å². The van der Waals surface area contributed by atoms with E-state index >= 15 is 0 Å². The van der Waals surface area contributed by atoms with Crippen molar-refractivity contribution in [2.45, 2.75) is 32.6 Å². The van der Waals surface area contributed by atoms with Crippen LogP contribution < -0.4 is 10.6 Å². The lowest BCUT2D eigenvalue weighted by atomic mass is 10.1. The minimum absolute atomic E-state index is 0.134. The quantitative estimate of drug-likeness (QED) is 0.652. The van der Waals surface area contributed by atoms with Crippen molar-refractivity contribution in [3.63, 3.8) is 0 Å². The molecule has 0 unspecified atom stereocenters. The highest BCUT2D eigenvalue weighted by atomic mass is 16.5. The Morgan fingerprint density at radius 1 is 1.00 bits per heavy atom. The van der Waals surface area contributed by atoms with Crippen LogP contribution in [0, 0.1) is 0 Å². The lowest BCUT2D eigenvalue weighted by molar-refractivity contribution is 0.0948. The number of benzene rings is 1. The van der Waals surface area contributed by atoms with E-state index in [0.717, 1.165) is 25.7 Å². The Hall–Kier alpha value is -1.88. The minimum Gasteiger partial charge on any atom is -0.385 e. The average Bonchev–Trinajstić information content (AvgIpc) is 2.55. The van der Waals surface area contributed by atoms with Crippen LogP contribution in [-0.2, 0) is 4.74 Å². The second-order valence-electron chi connectivity index (χ2n) is 5.15. The molecule has 22 heavy (non-hydrogen) atoms. The first-order valence-electron chi connectivity index (χ1n) is 7.84. The number of hydrogen-bond acceptors (Lipinski definition) is 3. The molecule has 0 radical (unpaired) electrons. The van der Waals surface area contributed by atoms with E-state index < -0.39 is 0 Å². The molecular weight excluding hydrogens is 280 g/mol. The van der Waals surface area contributed by atoms with Gasteiger partial charge < -0.3 is 15.4 Å². The summed E-state index contributed by atoms with van der Waals surface area (Å²) in [5.41, 5.74) is 1.01. The largest absolute Gasteiger partial charge is 0.385 e. The fraction of sp³-hybridized carbons (Fsp3) is 0.529. The fourth-order valence-electron chi connectivity index (χ4n) is 2.00.